The predicted octanol–water partition coefficient (Wildman–Crippen LogP) is 1.40. The topological polar surface area (TPSA) is 49.5 Å². The third-order valence-corrected chi connectivity index (χ3v) is 2.40. The summed E-state index contributed by atoms with van der Waals surface area (Å²) in [6.07, 6.45) is 1.60. The van der Waals surface area contributed by atoms with Crippen molar-refractivity contribution in [3.63, 3.8) is 0 Å². The highest BCUT2D eigenvalue weighted by molar-refractivity contribution is 5.66. The Morgan fingerprint density at radius 3 is 2.87 bits per heavy atom. The Bertz CT molecular complexity index is 516. The second-order valence-electron chi connectivity index (χ2n) is 3.25. The first-order valence-electron chi connectivity index (χ1n) is 4.71. The van der Waals surface area contributed by atoms with Crippen LogP contribution in [-0.2, 0) is 0 Å². The van der Waals surface area contributed by atoms with E-state index in [-0.39, 0.29) is 0 Å². The SMILES string of the molecule is CN=c1cc(NC)cc2n(O)cccc1-2. The number of benzene rings is 1. The van der Waals surface area contributed by atoms with Crippen molar-refractivity contribution in [1.29, 1.82) is 0 Å². The van der Waals surface area contributed by atoms with E-state index in [9.17, 15) is 5.21 Å². The van der Waals surface area contributed by atoms with Gasteiger partial charge in [-0.2, -0.15) is 4.73 Å². The fourth-order valence-corrected chi connectivity index (χ4v) is 1.61. The Balaban J connectivity index is 2.86. The molecule has 0 fully saturated rings. The van der Waals surface area contributed by atoms with Crippen molar-refractivity contribution in [3.05, 3.63) is 35.8 Å². The van der Waals surface area contributed by atoms with E-state index in [2.05, 4.69) is 10.3 Å². The van der Waals surface area contributed by atoms with Crippen LogP contribution >= 0.6 is 0 Å². The summed E-state index contributed by atoms with van der Waals surface area (Å²) >= 11 is 0. The first kappa shape index (κ1) is 9.58. The zero-order valence-electron chi connectivity index (χ0n) is 8.73. The summed E-state index contributed by atoms with van der Waals surface area (Å²) in [5, 5.41) is 13.6. The van der Waals surface area contributed by atoms with Crippen molar-refractivity contribution in [3.8, 4) is 11.3 Å². The van der Waals surface area contributed by atoms with Crippen LogP contribution in [0.5, 0.6) is 0 Å². The maximum absolute atomic E-state index is 9.66. The van der Waals surface area contributed by atoms with Crippen LogP contribution in [0.4, 0.5) is 5.69 Å². The monoisotopic (exact) mass is 203 g/mol. The number of nitrogens with zero attached hydrogens (tertiary/aromatic N) is 2. The van der Waals surface area contributed by atoms with Crippen LogP contribution in [0.3, 0.4) is 0 Å². The molecule has 0 radical (unpaired) electrons. The van der Waals surface area contributed by atoms with Gasteiger partial charge in [-0.05, 0) is 24.3 Å². The van der Waals surface area contributed by atoms with Gasteiger partial charge < -0.3 is 10.5 Å². The molecular formula is C11H13N3O. The standard InChI is InChI=1S/C11H13N3O/c1-12-8-6-10(13-2)9-4-3-5-14(15)11(9)7-8/h3-7,12,15H,1-2H3. The largest absolute Gasteiger partial charge is 0.428 e. The van der Waals surface area contributed by atoms with E-state index < -0.39 is 0 Å². The molecule has 15 heavy (non-hydrogen) atoms. The van der Waals surface area contributed by atoms with Crippen LogP contribution in [0.15, 0.2) is 35.5 Å². The molecule has 2 N–H and O–H groups in total. The number of rotatable bonds is 1. The van der Waals surface area contributed by atoms with Crippen LogP contribution in [0.25, 0.3) is 11.3 Å². The lowest BCUT2D eigenvalue weighted by Crippen LogP contribution is -2.12. The minimum atomic E-state index is 0.741. The van der Waals surface area contributed by atoms with Crippen molar-refractivity contribution in [1.82, 2.24) is 4.73 Å². The van der Waals surface area contributed by atoms with Gasteiger partial charge in [0.25, 0.3) is 0 Å². The van der Waals surface area contributed by atoms with Gasteiger partial charge in [-0.1, -0.05) is 0 Å². The van der Waals surface area contributed by atoms with E-state index in [1.54, 1.807) is 19.3 Å². The molecule has 78 valence electrons. The molecule has 2 aliphatic rings. The van der Waals surface area contributed by atoms with Crippen molar-refractivity contribution >= 4 is 5.69 Å². The van der Waals surface area contributed by atoms with Crippen molar-refractivity contribution in [2.75, 3.05) is 19.4 Å². The summed E-state index contributed by atoms with van der Waals surface area (Å²) in [6.45, 7) is 0. The lowest BCUT2D eigenvalue weighted by atomic mass is 10.1. The summed E-state index contributed by atoms with van der Waals surface area (Å²) < 4.78 is 1.10. The van der Waals surface area contributed by atoms with Crippen molar-refractivity contribution < 1.29 is 5.21 Å². The Kier molecular flexibility index (Phi) is 2.33. The molecule has 0 unspecified atom stereocenters. The molecule has 0 saturated carbocycles. The van der Waals surface area contributed by atoms with E-state index in [1.807, 2.05) is 25.2 Å². The number of anilines is 1. The van der Waals surface area contributed by atoms with E-state index in [0.29, 0.717) is 0 Å². The molecule has 2 rings (SSSR count). The molecule has 4 heteroatoms. The minimum Gasteiger partial charge on any atom is -0.428 e. The smallest absolute Gasteiger partial charge is 0.0906 e. The second-order valence-corrected chi connectivity index (χ2v) is 3.25. The molecular weight excluding hydrogens is 190 g/mol. The fraction of sp³-hybridized carbons (Fsp3) is 0.182. The lowest BCUT2D eigenvalue weighted by molar-refractivity contribution is 0.189. The number of hydrogen-bond donors (Lipinski definition) is 2. The van der Waals surface area contributed by atoms with Crippen LogP contribution in [-0.4, -0.2) is 24.0 Å². The second kappa shape index (κ2) is 3.65. The van der Waals surface area contributed by atoms with Gasteiger partial charge in [0.2, 0.25) is 0 Å². The van der Waals surface area contributed by atoms with Gasteiger partial charge >= 0.3 is 0 Å². The minimum absolute atomic E-state index is 0.741. The maximum Gasteiger partial charge on any atom is 0.0906 e. The highest BCUT2D eigenvalue weighted by Gasteiger charge is 2.08. The van der Waals surface area contributed by atoms with Crippen molar-refractivity contribution in [2.24, 2.45) is 4.99 Å². The highest BCUT2D eigenvalue weighted by atomic mass is 16.5. The predicted molar refractivity (Wildman–Crippen MR) is 59.3 cm³/mol. The molecule has 0 bridgehead atoms. The normalized spacial score (nSPS) is 12.0. The molecule has 0 saturated heterocycles. The van der Waals surface area contributed by atoms with Crippen molar-refractivity contribution in [2.45, 2.75) is 0 Å². The van der Waals surface area contributed by atoms with Gasteiger partial charge in [0.1, 0.15) is 0 Å². The summed E-state index contributed by atoms with van der Waals surface area (Å²) in [4.78, 5) is 4.18. The quantitative estimate of drug-likeness (QED) is 0.688. The van der Waals surface area contributed by atoms with Crippen LogP contribution in [0.2, 0.25) is 0 Å². The molecule has 0 aromatic carbocycles. The molecule has 0 atom stereocenters. The number of pyridine rings is 1. The van der Waals surface area contributed by atoms with Crippen LogP contribution in [0.1, 0.15) is 0 Å². The maximum atomic E-state index is 9.66. The Labute approximate surface area is 87.8 Å². The van der Waals surface area contributed by atoms with Gasteiger partial charge in [-0.3, -0.25) is 4.99 Å². The summed E-state index contributed by atoms with van der Waals surface area (Å²) in [6, 6.07) is 7.55. The summed E-state index contributed by atoms with van der Waals surface area (Å²) in [5.74, 6) is 0. The summed E-state index contributed by atoms with van der Waals surface area (Å²) in [7, 11) is 3.58. The molecule has 0 aromatic heterocycles. The third kappa shape index (κ3) is 1.54. The number of nitrogens with one attached hydrogen (secondary N) is 1. The lowest BCUT2D eigenvalue weighted by Gasteiger charge is -2.11. The molecule has 1 aliphatic carbocycles. The van der Waals surface area contributed by atoms with E-state index >= 15 is 0 Å². The van der Waals surface area contributed by atoms with E-state index in [0.717, 1.165) is 27.0 Å². The number of hydrogen-bond acceptors (Lipinski definition) is 3. The molecule has 0 spiro atoms. The molecule has 1 aliphatic heterocycles. The highest BCUT2D eigenvalue weighted by Crippen LogP contribution is 2.20. The fourth-order valence-electron chi connectivity index (χ4n) is 1.61. The Morgan fingerprint density at radius 1 is 1.40 bits per heavy atom. The van der Waals surface area contributed by atoms with Crippen LogP contribution < -0.4 is 10.7 Å². The van der Waals surface area contributed by atoms with Gasteiger partial charge in [0.15, 0.2) is 0 Å². The molecule has 0 amide bonds. The number of aromatic nitrogens is 1. The molecule has 0 aromatic rings. The Morgan fingerprint density at radius 2 is 2.20 bits per heavy atom. The summed E-state index contributed by atoms with van der Waals surface area (Å²) in [5.41, 5.74) is 2.60. The average molecular weight is 203 g/mol. The van der Waals surface area contributed by atoms with E-state index in [1.165, 1.54) is 0 Å². The van der Waals surface area contributed by atoms with Crippen LogP contribution in [0, 0.1) is 0 Å². The van der Waals surface area contributed by atoms with Gasteiger partial charge in [0.05, 0.1) is 11.1 Å². The van der Waals surface area contributed by atoms with E-state index in [4.69, 9.17) is 0 Å². The van der Waals surface area contributed by atoms with Gasteiger partial charge in [0, 0.05) is 31.5 Å². The molecule has 1 heterocycles. The first-order chi connectivity index (χ1) is 7.26. The van der Waals surface area contributed by atoms with Gasteiger partial charge in [-0.15, -0.1) is 0 Å². The van der Waals surface area contributed by atoms with Gasteiger partial charge in [-0.25, -0.2) is 0 Å². The zero-order chi connectivity index (χ0) is 10.8. The zero-order valence-corrected chi connectivity index (χ0v) is 8.73. The number of fused-ring (bicyclic) bond motifs is 1. The Hall–Kier alpha value is -1.97. The third-order valence-electron chi connectivity index (χ3n) is 2.40. The molecule has 4 nitrogen and oxygen atoms in total. The first-order valence-corrected chi connectivity index (χ1v) is 4.71. The average Bonchev–Trinajstić information content (AvgIpc) is 2.28.